The Bertz CT molecular complexity index is 1040. The van der Waals surface area contributed by atoms with Crippen LogP contribution < -0.4 is 15.0 Å². The minimum atomic E-state index is -0.478. The molecule has 0 aromatic heterocycles. The smallest absolute Gasteiger partial charge is 0.262 e. The molecule has 0 saturated carbocycles. The van der Waals surface area contributed by atoms with Gasteiger partial charge in [0, 0.05) is 17.8 Å². The number of carbonyl (C=O) groups is 1. The van der Waals surface area contributed by atoms with E-state index in [1.807, 2.05) is 53.4 Å². The lowest BCUT2D eigenvalue weighted by molar-refractivity contribution is 0.0948. The van der Waals surface area contributed by atoms with Gasteiger partial charge in [-0.3, -0.25) is 9.69 Å². The lowest BCUT2D eigenvalue weighted by Gasteiger charge is -2.50. The SMILES string of the molecule is COc1ccc(N2C(=O)c3ccccc3N[C@@]23CCc2ccccc2C3)cc1. The maximum Gasteiger partial charge on any atom is 0.262 e. The van der Waals surface area contributed by atoms with Crippen LogP contribution in [0.3, 0.4) is 0 Å². The van der Waals surface area contributed by atoms with Crippen molar-refractivity contribution in [1.29, 1.82) is 0 Å². The van der Waals surface area contributed by atoms with E-state index in [4.69, 9.17) is 4.74 Å². The molecule has 0 radical (unpaired) electrons. The molecule has 1 heterocycles. The third-order valence-corrected chi connectivity index (χ3v) is 5.90. The van der Waals surface area contributed by atoms with Crippen molar-refractivity contribution < 1.29 is 9.53 Å². The zero-order valence-corrected chi connectivity index (χ0v) is 15.8. The van der Waals surface area contributed by atoms with Gasteiger partial charge in [0.15, 0.2) is 0 Å². The standard InChI is InChI=1S/C24H22N2O2/c1-28-20-12-10-19(11-13-20)26-23(27)21-8-4-5-9-22(21)25-24(26)15-14-17-6-2-3-7-18(17)16-24/h2-13,25H,14-16H2,1H3/t24-/m0/s1. The first-order valence-electron chi connectivity index (χ1n) is 9.63. The molecule has 140 valence electrons. The summed E-state index contributed by atoms with van der Waals surface area (Å²) in [5, 5.41) is 3.73. The van der Waals surface area contributed by atoms with Gasteiger partial charge in [0.05, 0.1) is 12.7 Å². The average molecular weight is 370 g/mol. The highest BCUT2D eigenvalue weighted by molar-refractivity contribution is 6.12. The Morgan fingerprint density at radius 1 is 0.929 bits per heavy atom. The number of hydrogen-bond donors (Lipinski definition) is 1. The lowest BCUT2D eigenvalue weighted by atomic mass is 9.80. The number of nitrogens with zero attached hydrogens (tertiary/aromatic N) is 1. The van der Waals surface area contributed by atoms with Crippen LogP contribution in [0.4, 0.5) is 11.4 Å². The van der Waals surface area contributed by atoms with E-state index in [1.54, 1.807) is 7.11 Å². The van der Waals surface area contributed by atoms with Gasteiger partial charge < -0.3 is 10.1 Å². The Morgan fingerprint density at radius 3 is 2.43 bits per heavy atom. The maximum atomic E-state index is 13.6. The second kappa shape index (κ2) is 6.41. The third-order valence-electron chi connectivity index (χ3n) is 5.90. The first-order chi connectivity index (χ1) is 13.7. The lowest BCUT2D eigenvalue weighted by Crippen LogP contribution is -2.63. The average Bonchev–Trinajstić information content (AvgIpc) is 2.74. The van der Waals surface area contributed by atoms with E-state index in [9.17, 15) is 4.79 Å². The van der Waals surface area contributed by atoms with Gasteiger partial charge >= 0.3 is 0 Å². The number of benzene rings is 3. The highest BCUT2D eigenvalue weighted by Gasteiger charge is 2.47. The molecule has 1 aliphatic carbocycles. The Balaban J connectivity index is 1.65. The van der Waals surface area contributed by atoms with Gasteiger partial charge in [0.1, 0.15) is 11.4 Å². The molecule has 1 atom stereocenters. The Labute approximate surface area is 164 Å². The Kier molecular flexibility index (Phi) is 3.86. The molecule has 4 nitrogen and oxygen atoms in total. The molecule has 1 N–H and O–H groups in total. The molecular weight excluding hydrogens is 348 g/mol. The minimum absolute atomic E-state index is 0.0406. The number of aryl methyl sites for hydroxylation is 1. The molecule has 2 aliphatic rings. The first kappa shape index (κ1) is 16.9. The van der Waals surface area contributed by atoms with Gasteiger partial charge in [-0.25, -0.2) is 0 Å². The van der Waals surface area contributed by atoms with Crippen LogP contribution in [0.25, 0.3) is 0 Å². The quantitative estimate of drug-likeness (QED) is 0.714. The van der Waals surface area contributed by atoms with Crippen molar-refractivity contribution in [2.24, 2.45) is 0 Å². The largest absolute Gasteiger partial charge is 0.497 e. The summed E-state index contributed by atoms with van der Waals surface area (Å²) < 4.78 is 5.30. The van der Waals surface area contributed by atoms with Crippen LogP contribution in [0.2, 0.25) is 0 Å². The Morgan fingerprint density at radius 2 is 1.64 bits per heavy atom. The number of anilines is 2. The molecule has 5 rings (SSSR count). The van der Waals surface area contributed by atoms with Crippen molar-refractivity contribution >= 4 is 17.3 Å². The molecule has 0 unspecified atom stereocenters. The predicted molar refractivity (Wildman–Crippen MR) is 111 cm³/mol. The van der Waals surface area contributed by atoms with Crippen LogP contribution in [0.5, 0.6) is 5.75 Å². The van der Waals surface area contributed by atoms with E-state index >= 15 is 0 Å². The third kappa shape index (κ3) is 2.56. The zero-order chi connectivity index (χ0) is 19.1. The molecule has 4 heteroatoms. The summed E-state index contributed by atoms with van der Waals surface area (Å²) in [7, 11) is 1.65. The fraction of sp³-hybridized carbons (Fsp3) is 0.208. The summed E-state index contributed by atoms with van der Waals surface area (Å²) in [6.45, 7) is 0. The summed E-state index contributed by atoms with van der Waals surface area (Å²) in [5.41, 5.74) is 4.70. The number of ether oxygens (including phenoxy) is 1. The van der Waals surface area contributed by atoms with Gasteiger partial charge in [-0.2, -0.15) is 0 Å². The zero-order valence-electron chi connectivity index (χ0n) is 15.8. The molecule has 1 aliphatic heterocycles. The van der Waals surface area contributed by atoms with Gasteiger partial charge in [-0.15, -0.1) is 0 Å². The highest BCUT2D eigenvalue weighted by atomic mass is 16.5. The van der Waals surface area contributed by atoms with Crippen molar-refractivity contribution in [2.45, 2.75) is 24.9 Å². The molecule has 3 aromatic rings. The Hall–Kier alpha value is -3.27. The monoisotopic (exact) mass is 370 g/mol. The van der Waals surface area contributed by atoms with Crippen LogP contribution >= 0.6 is 0 Å². The van der Waals surface area contributed by atoms with E-state index in [1.165, 1.54) is 11.1 Å². The van der Waals surface area contributed by atoms with Crippen molar-refractivity contribution in [2.75, 3.05) is 17.3 Å². The molecule has 0 saturated heterocycles. The molecule has 1 amide bonds. The van der Waals surface area contributed by atoms with E-state index in [-0.39, 0.29) is 5.91 Å². The van der Waals surface area contributed by atoms with Crippen molar-refractivity contribution in [3.05, 3.63) is 89.5 Å². The summed E-state index contributed by atoms with van der Waals surface area (Å²) in [4.78, 5) is 15.6. The summed E-state index contributed by atoms with van der Waals surface area (Å²) in [6, 6.07) is 24.1. The van der Waals surface area contributed by atoms with Crippen LogP contribution in [-0.4, -0.2) is 18.7 Å². The van der Waals surface area contributed by atoms with Crippen LogP contribution in [-0.2, 0) is 12.8 Å². The molecule has 28 heavy (non-hydrogen) atoms. The van der Waals surface area contributed by atoms with Crippen molar-refractivity contribution in [3.63, 3.8) is 0 Å². The van der Waals surface area contributed by atoms with Crippen LogP contribution in [0.1, 0.15) is 27.9 Å². The molecule has 0 fully saturated rings. The number of hydrogen-bond acceptors (Lipinski definition) is 3. The van der Waals surface area contributed by atoms with E-state index in [0.717, 1.165) is 36.4 Å². The molecule has 0 bridgehead atoms. The molecule has 3 aromatic carbocycles. The summed E-state index contributed by atoms with van der Waals surface area (Å²) in [5.74, 6) is 0.823. The number of para-hydroxylation sites is 1. The number of methoxy groups -OCH3 is 1. The normalized spacial score (nSPS) is 20.3. The van der Waals surface area contributed by atoms with E-state index in [2.05, 4.69) is 29.6 Å². The van der Waals surface area contributed by atoms with Gasteiger partial charge in [-0.1, -0.05) is 36.4 Å². The second-order valence-electron chi connectivity index (χ2n) is 7.49. The van der Waals surface area contributed by atoms with Crippen molar-refractivity contribution in [1.82, 2.24) is 0 Å². The first-order valence-corrected chi connectivity index (χ1v) is 9.63. The number of carbonyl (C=O) groups excluding carboxylic acids is 1. The second-order valence-corrected chi connectivity index (χ2v) is 7.49. The fourth-order valence-corrected chi connectivity index (χ4v) is 4.51. The fourth-order valence-electron chi connectivity index (χ4n) is 4.51. The minimum Gasteiger partial charge on any atom is -0.497 e. The van der Waals surface area contributed by atoms with Crippen molar-refractivity contribution in [3.8, 4) is 5.75 Å². The maximum absolute atomic E-state index is 13.6. The summed E-state index contributed by atoms with van der Waals surface area (Å²) in [6.07, 6.45) is 2.57. The topological polar surface area (TPSA) is 41.6 Å². The number of fused-ring (bicyclic) bond motifs is 2. The number of rotatable bonds is 2. The van der Waals surface area contributed by atoms with E-state index < -0.39 is 5.66 Å². The molecule has 1 spiro atoms. The van der Waals surface area contributed by atoms with E-state index in [0.29, 0.717) is 5.56 Å². The van der Waals surface area contributed by atoms with Gasteiger partial charge in [0.2, 0.25) is 0 Å². The van der Waals surface area contributed by atoms with Gasteiger partial charge in [0.25, 0.3) is 5.91 Å². The number of nitrogens with one attached hydrogen (secondary N) is 1. The molecular formula is C24H22N2O2. The highest BCUT2D eigenvalue weighted by Crippen LogP contribution is 2.42. The summed E-state index contributed by atoms with van der Waals surface area (Å²) >= 11 is 0. The number of amides is 1. The van der Waals surface area contributed by atoms with Gasteiger partial charge in [-0.05, 0) is 60.4 Å². The van der Waals surface area contributed by atoms with Crippen LogP contribution in [0, 0.1) is 0 Å². The predicted octanol–water partition coefficient (Wildman–Crippen LogP) is 4.65. The van der Waals surface area contributed by atoms with Crippen LogP contribution in [0.15, 0.2) is 72.8 Å².